The molecule has 0 atom stereocenters. The van der Waals surface area contributed by atoms with E-state index in [9.17, 15) is 13.2 Å². The van der Waals surface area contributed by atoms with Gasteiger partial charge >= 0.3 is 5.97 Å². The largest absolute Gasteiger partial charge is 0.480 e. The van der Waals surface area contributed by atoms with E-state index < -0.39 is 22.5 Å². The molecule has 5 nitrogen and oxygen atoms in total. The lowest BCUT2D eigenvalue weighted by atomic mass is 10.2. The molecule has 2 aromatic carbocycles. The van der Waals surface area contributed by atoms with Gasteiger partial charge in [-0.3, -0.25) is 4.79 Å². The number of halogens is 2. The minimum Gasteiger partial charge on any atom is -0.480 e. The maximum atomic E-state index is 12.6. The minimum atomic E-state index is -3.96. The summed E-state index contributed by atoms with van der Waals surface area (Å²) in [7, 11) is -3.96. The zero-order valence-electron chi connectivity index (χ0n) is 11.8. The quantitative estimate of drug-likeness (QED) is 0.842. The molecular formula is C15H13Cl2NO4S. The van der Waals surface area contributed by atoms with E-state index in [-0.39, 0.29) is 11.4 Å². The first-order valence-electron chi connectivity index (χ1n) is 6.51. The van der Waals surface area contributed by atoms with Crippen LogP contribution in [0.15, 0.2) is 53.4 Å². The summed E-state index contributed by atoms with van der Waals surface area (Å²) in [6.45, 7) is -0.720. The standard InChI is InChI=1S/C15H13Cl2NO4S/c16-12-3-1-11(2-4-12)9-18(10-15(19)20)23(21,22)14-7-5-13(17)6-8-14/h1-8H,9-10H2,(H,19,20). The van der Waals surface area contributed by atoms with Gasteiger partial charge in [-0.25, -0.2) is 8.42 Å². The molecule has 0 unspecified atom stereocenters. The van der Waals surface area contributed by atoms with Gasteiger partial charge in [0.2, 0.25) is 10.0 Å². The van der Waals surface area contributed by atoms with Crippen molar-refractivity contribution in [1.82, 2.24) is 4.31 Å². The summed E-state index contributed by atoms with van der Waals surface area (Å²) in [6.07, 6.45) is 0. The van der Waals surface area contributed by atoms with Crippen LogP contribution < -0.4 is 0 Å². The zero-order chi connectivity index (χ0) is 17.0. The highest BCUT2D eigenvalue weighted by Gasteiger charge is 2.26. The number of sulfonamides is 1. The average molecular weight is 374 g/mol. The topological polar surface area (TPSA) is 74.7 Å². The molecule has 2 aromatic rings. The fourth-order valence-electron chi connectivity index (χ4n) is 1.93. The summed E-state index contributed by atoms with van der Waals surface area (Å²) in [5.41, 5.74) is 0.633. The van der Waals surface area contributed by atoms with E-state index >= 15 is 0 Å². The Kier molecular flexibility index (Phi) is 5.64. The normalized spacial score (nSPS) is 11.6. The number of benzene rings is 2. The summed E-state index contributed by atoms with van der Waals surface area (Å²) in [6, 6.07) is 12.1. The second-order valence-corrected chi connectivity index (χ2v) is 7.56. The Hall–Kier alpha value is -1.60. The molecule has 122 valence electrons. The zero-order valence-corrected chi connectivity index (χ0v) is 14.1. The molecule has 0 spiro atoms. The van der Waals surface area contributed by atoms with Crippen LogP contribution in [0.25, 0.3) is 0 Å². The van der Waals surface area contributed by atoms with E-state index in [1.807, 2.05) is 0 Å². The molecule has 0 fully saturated rings. The third kappa shape index (κ3) is 4.68. The van der Waals surface area contributed by atoms with Crippen LogP contribution >= 0.6 is 23.2 Å². The maximum absolute atomic E-state index is 12.6. The lowest BCUT2D eigenvalue weighted by Crippen LogP contribution is -2.35. The number of carboxylic acid groups (broad SMARTS) is 1. The molecule has 1 N–H and O–H groups in total. The number of rotatable bonds is 6. The summed E-state index contributed by atoms with van der Waals surface area (Å²) in [4.78, 5) is 11.0. The third-order valence-corrected chi connectivity index (χ3v) is 5.35. The molecule has 8 heteroatoms. The lowest BCUT2D eigenvalue weighted by molar-refractivity contribution is -0.137. The van der Waals surface area contributed by atoms with E-state index in [0.717, 1.165) is 4.31 Å². The van der Waals surface area contributed by atoms with E-state index in [2.05, 4.69) is 0 Å². The number of aliphatic carboxylic acids is 1. The Morgan fingerprint density at radius 3 is 1.91 bits per heavy atom. The molecule has 0 aliphatic rings. The van der Waals surface area contributed by atoms with Crippen LogP contribution in [0, 0.1) is 0 Å². The van der Waals surface area contributed by atoms with Crippen LogP contribution in [-0.2, 0) is 21.4 Å². The molecule has 0 aliphatic heterocycles. The molecule has 0 bridgehead atoms. The molecule has 0 aliphatic carbocycles. The van der Waals surface area contributed by atoms with Crippen molar-refractivity contribution < 1.29 is 18.3 Å². The highest BCUT2D eigenvalue weighted by Crippen LogP contribution is 2.21. The van der Waals surface area contributed by atoms with Gasteiger partial charge in [-0.1, -0.05) is 35.3 Å². The summed E-state index contributed by atoms with van der Waals surface area (Å²) < 4.78 is 26.2. The Morgan fingerprint density at radius 2 is 1.43 bits per heavy atom. The van der Waals surface area contributed by atoms with Crippen LogP contribution in [0.1, 0.15) is 5.56 Å². The fourth-order valence-corrected chi connectivity index (χ4v) is 3.56. The molecule has 2 rings (SSSR count). The number of carbonyl (C=O) groups is 1. The highest BCUT2D eigenvalue weighted by molar-refractivity contribution is 7.89. The van der Waals surface area contributed by atoms with E-state index in [1.54, 1.807) is 24.3 Å². The SMILES string of the molecule is O=C(O)CN(Cc1ccc(Cl)cc1)S(=O)(=O)c1ccc(Cl)cc1. The van der Waals surface area contributed by atoms with Gasteiger partial charge in [-0.2, -0.15) is 4.31 Å². The van der Waals surface area contributed by atoms with Crippen molar-refractivity contribution in [2.24, 2.45) is 0 Å². The number of hydrogen-bond donors (Lipinski definition) is 1. The van der Waals surface area contributed by atoms with Crippen molar-refractivity contribution in [2.45, 2.75) is 11.4 Å². The first-order valence-corrected chi connectivity index (χ1v) is 8.70. The second-order valence-electron chi connectivity index (χ2n) is 4.75. The van der Waals surface area contributed by atoms with Gasteiger partial charge in [-0.15, -0.1) is 0 Å². The Morgan fingerprint density at radius 1 is 0.957 bits per heavy atom. The van der Waals surface area contributed by atoms with Crippen molar-refractivity contribution >= 4 is 39.2 Å². The van der Waals surface area contributed by atoms with Crippen LogP contribution in [0.5, 0.6) is 0 Å². The average Bonchev–Trinajstić information content (AvgIpc) is 2.49. The smallest absolute Gasteiger partial charge is 0.318 e. The third-order valence-electron chi connectivity index (χ3n) is 3.04. The van der Waals surface area contributed by atoms with Gasteiger partial charge in [0.25, 0.3) is 0 Å². The number of carboxylic acids is 1. The van der Waals surface area contributed by atoms with Crippen LogP contribution in [-0.4, -0.2) is 30.3 Å². The van der Waals surface area contributed by atoms with Gasteiger partial charge in [0.15, 0.2) is 0 Å². The lowest BCUT2D eigenvalue weighted by Gasteiger charge is -2.20. The Balaban J connectivity index is 2.34. The number of hydrogen-bond acceptors (Lipinski definition) is 3. The van der Waals surface area contributed by atoms with Gasteiger partial charge in [0.1, 0.15) is 6.54 Å². The predicted molar refractivity (Wildman–Crippen MR) is 88.1 cm³/mol. The van der Waals surface area contributed by atoms with Crippen molar-refractivity contribution in [3.63, 3.8) is 0 Å². The van der Waals surface area contributed by atoms with Gasteiger partial charge in [-0.05, 0) is 42.0 Å². The molecule has 0 aromatic heterocycles. The molecule has 0 heterocycles. The molecule has 0 saturated carbocycles. The summed E-state index contributed by atoms with van der Waals surface area (Å²) >= 11 is 11.5. The monoisotopic (exact) mass is 373 g/mol. The first-order chi connectivity index (χ1) is 10.8. The number of nitrogens with zero attached hydrogens (tertiary/aromatic N) is 1. The van der Waals surface area contributed by atoms with Gasteiger partial charge < -0.3 is 5.11 Å². The first kappa shape index (κ1) is 17.7. The molecule has 0 saturated heterocycles. The summed E-state index contributed by atoms with van der Waals surface area (Å²) in [5.74, 6) is -1.24. The molecule has 0 radical (unpaired) electrons. The summed E-state index contributed by atoms with van der Waals surface area (Å²) in [5, 5.41) is 9.92. The van der Waals surface area contributed by atoms with Gasteiger partial charge in [0, 0.05) is 16.6 Å². The maximum Gasteiger partial charge on any atom is 0.318 e. The van der Waals surface area contributed by atoms with E-state index in [0.29, 0.717) is 15.6 Å². The molecule has 23 heavy (non-hydrogen) atoms. The van der Waals surface area contributed by atoms with Gasteiger partial charge in [0.05, 0.1) is 4.90 Å². The van der Waals surface area contributed by atoms with Crippen molar-refractivity contribution in [3.05, 3.63) is 64.1 Å². The van der Waals surface area contributed by atoms with Crippen molar-refractivity contribution in [1.29, 1.82) is 0 Å². The van der Waals surface area contributed by atoms with Crippen LogP contribution in [0.2, 0.25) is 10.0 Å². The Labute approximate surface area is 144 Å². The second kappa shape index (κ2) is 7.31. The Bertz CT molecular complexity index is 789. The molecule has 0 amide bonds. The van der Waals surface area contributed by atoms with Crippen LogP contribution in [0.4, 0.5) is 0 Å². The van der Waals surface area contributed by atoms with Crippen molar-refractivity contribution in [3.8, 4) is 0 Å². The fraction of sp³-hybridized carbons (Fsp3) is 0.133. The van der Waals surface area contributed by atoms with Crippen LogP contribution in [0.3, 0.4) is 0 Å². The van der Waals surface area contributed by atoms with E-state index in [1.165, 1.54) is 24.3 Å². The van der Waals surface area contributed by atoms with Crippen molar-refractivity contribution in [2.75, 3.05) is 6.54 Å². The molecular weight excluding hydrogens is 361 g/mol. The highest BCUT2D eigenvalue weighted by atomic mass is 35.5. The predicted octanol–water partition coefficient (Wildman–Crippen LogP) is 3.27. The van der Waals surface area contributed by atoms with E-state index in [4.69, 9.17) is 28.3 Å². The minimum absolute atomic E-state index is 0.0166.